The topological polar surface area (TPSA) is 116 Å². The van der Waals surface area contributed by atoms with Crippen molar-refractivity contribution in [3.63, 3.8) is 0 Å². The number of aliphatic hydroxyl groups excluding tert-OH is 1. The summed E-state index contributed by atoms with van der Waals surface area (Å²) in [4.78, 5) is 28.2. The van der Waals surface area contributed by atoms with E-state index in [9.17, 15) is 14.7 Å². The molecule has 1 aliphatic heterocycles. The molecule has 0 aromatic heterocycles. The van der Waals surface area contributed by atoms with E-state index in [-0.39, 0.29) is 24.2 Å². The number of azide groups is 1. The fraction of sp³-hybridized carbons (Fsp3) is 0.385. The van der Waals surface area contributed by atoms with Gasteiger partial charge in [0.05, 0.1) is 18.9 Å². The number of hydrogen-bond donors (Lipinski definition) is 1. The normalized spacial score (nSPS) is 20.8. The molecule has 1 amide bonds. The SMILES string of the molecule is COC(=O)[C@@H]1C[C@@H](O)CN1C(=O)c1ccccc1N=[N+]=[N-]. The minimum Gasteiger partial charge on any atom is -0.467 e. The predicted octanol–water partition coefficient (Wildman–Crippen LogP) is 1.38. The van der Waals surface area contributed by atoms with E-state index in [1.54, 1.807) is 12.1 Å². The first-order valence-corrected chi connectivity index (χ1v) is 6.29. The Labute approximate surface area is 120 Å². The van der Waals surface area contributed by atoms with Gasteiger partial charge in [-0.2, -0.15) is 0 Å². The Kier molecular flexibility index (Phi) is 4.42. The van der Waals surface area contributed by atoms with Gasteiger partial charge in [-0.05, 0) is 11.6 Å². The highest BCUT2D eigenvalue weighted by Crippen LogP contribution is 2.26. The van der Waals surface area contributed by atoms with Crippen molar-refractivity contribution in [2.75, 3.05) is 13.7 Å². The first-order chi connectivity index (χ1) is 10.1. The first kappa shape index (κ1) is 14.8. The molecule has 2 rings (SSSR count). The molecule has 0 bridgehead atoms. The molecule has 1 aromatic rings. The largest absolute Gasteiger partial charge is 0.467 e. The van der Waals surface area contributed by atoms with Gasteiger partial charge in [0.25, 0.3) is 5.91 Å². The highest BCUT2D eigenvalue weighted by molar-refractivity contribution is 6.01. The molecule has 0 spiro atoms. The molecule has 110 valence electrons. The molecule has 2 atom stereocenters. The second kappa shape index (κ2) is 6.25. The van der Waals surface area contributed by atoms with Gasteiger partial charge in [0, 0.05) is 23.4 Å². The minimum absolute atomic E-state index is 0.0310. The molecule has 0 unspecified atom stereocenters. The van der Waals surface area contributed by atoms with E-state index >= 15 is 0 Å². The first-order valence-electron chi connectivity index (χ1n) is 6.29. The quantitative estimate of drug-likeness (QED) is 0.391. The van der Waals surface area contributed by atoms with Crippen LogP contribution in [0, 0.1) is 0 Å². The van der Waals surface area contributed by atoms with Crippen LogP contribution in [0.25, 0.3) is 10.4 Å². The van der Waals surface area contributed by atoms with Gasteiger partial charge in [-0.25, -0.2) is 4.79 Å². The van der Waals surface area contributed by atoms with Gasteiger partial charge in [-0.1, -0.05) is 23.3 Å². The van der Waals surface area contributed by atoms with E-state index in [2.05, 4.69) is 14.8 Å². The Bertz CT molecular complexity index is 612. The van der Waals surface area contributed by atoms with Gasteiger partial charge in [-0.15, -0.1) is 0 Å². The maximum Gasteiger partial charge on any atom is 0.328 e. The van der Waals surface area contributed by atoms with Gasteiger partial charge in [0.1, 0.15) is 6.04 Å². The highest BCUT2D eigenvalue weighted by atomic mass is 16.5. The molecule has 0 saturated carbocycles. The van der Waals surface area contributed by atoms with Crippen LogP contribution in [0.5, 0.6) is 0 Å². The van der Waals surface area contributed by atoms with Crippen molar-refractivity contribution in [1.82, 2.24) is 4.90 Å². The number of methoxy groups -OCH3 is 1. The standard InChI is InChI=1S/C13H14N4O4/c1-21-13(20)11-6-8(18)7-17(11)12(19)9-4-2-3-5-10(9)15-16-14/h2-5,8,11,18H,6-7H2,1H3/t8-,11+/m1/s1. The number of aliphatic hydroxyl groups is 1. The third kappa shape index (κ3) is 2.96. The summed E-state index contributed by atoms with van der Waals surface area (Å²) in [5.41, 5.74) is 8.89. The number of benzene rings is 1. The summed E-state index contributed by atoms with van der Waals surface area (Å²) in [7, 11) is 1.23. The molecule has 0 aliphatic carbocycles. The fourth-order valence-electron chi connectivity index (χ4n) is 2.34. The lowest BCUT2D eigenvalue weighted by molar-refractivity contribution is -0.145. The second-order valence-electron chi connectivity index (χ2n) is 4.59. The zero-order valence-electron chi connectivity index (χ0n) is 11.3. The summed E-state index contributed by atoms with van der Waals surface area (Å²) >= 11 is 0. The average Bonchev–Trinajstić information content (AvgIpc) is 2.88. The molecule has 8 nitrogen and oxygen atoms in total. The Balaban J connectivity index is 2.34. The lowest BCUT2D eigenvalue weighted by atomic mass is 10.1. The van der Waals surface area contributed by atoms with Crippen LogP contribution in [0.4, 0.5) is 5.69 Å². The summed E-state index contributed by atoms with van der Waals surface area (Å²) < 4.78 is 4.65. The van der Waals surface area contributed by atoms with Gasteiger partial charge in [0.15, 0.2) is 0 Å². The summed E-state index contributed by atoms with van der Waals surface area (Å²) in [5, 5.41) is 13.2. The van der Waals surface area contributed by atoms with Gasteiger partial charge in [-0.3, -0.25) is 4.79 Å². The van der Waals surface area contributed by atoms with E-state index in [0.29, 0.717) is 0 Å². The number of hydrogen-bond acceptors (Lipinski definition) is 5. The number of amides is 1. The van der Waals surface area contributed by atoms with Crippen molar-refractivity contribution >= 4 is 17.6 Å². The summed E-state index contributed by atoms with van der Waals surface area (Å²) in [6, 6.07) is 5.44. The van der Waals surface area contributed by atoms with Crippen LogP contribution in [-0.2, 0) is 9.53 Å². The van der Waals surface area contributed by atoms with Crippen molar-refractivity contribution in [2.45, 2.75) is 18.6 Å². The number of esters is 1. The molecule has 8 heteroatoms. The molecule has 1 aromatic carbocycles. The van der Waals surface area contributed by atoms with Crippen molar-refractivity contribution in [1.29, 1.82) is 0 Å². The summed E-state index contributed by atoms with van der Waals surface area (Å²) in [5.74, 6) is -1.06. The lowest BCUT2D eigenvalue weighted by Gasteiger charge is -2.23. The van der Waals surface area contributed by atoms with Crippen molar-refractivity contribution in [3.8, 4) is 0 Å². The molecule has 1 aliphatic rings. The Morgan fingerprint density at radius 3 is 2.86 bits per heavy atom. The van der Waals surface area contributed by atoms with Crippen molar-refractivity contribution in [3.05, 3.63) is 40.3 Å². The van der Waals surface area contributed by atoms with Crippen LogP contribution in [0.3, 0.4) is 0 Å². The maximum atomic E-state index is 12.5. The van der Waals surface area contributed by atoms with Crippen LogP contribution >= 0.6 is 0 Å². The van der Waals surface area contributed by atoms with E-state index in [1.165, 1.54) is 24.1 Å². The van der Waals surface area contributed by atoms with Gasteiger partial charge < -0.3 is 14.7 Å². The number of ether oxygens (including phenoxy) is 1. The summed E-state index contributed by atoms with van der Waals surface area (Å²) in [6.07, 6.45) is -0.660. The van der Waals surface area contributed by atoms with E-state index < -0.39 is 24.0 Å². The number of carbonyl (C=O) groups is 2. The highest BCUT2D eigenvalue weighted by Gasteiger charge is 2.40. The lowest BCUT2D eigenvalue weighted by Crippen LogP contribution is -2.41. The zero-order chi connectivity index (χ0) is 15.4. The number of likely N-dealkylation sites (tertiary alicyclic amines) is 1. The average molecular weight is 290 g/mol. The maximum absolute atomic E-state index is 12.5. The van der Waals surface area contributed by atoms with Gasteiger partial charge in [0.2, 0.25) is 0 Å². The molecule has 1 saturated heterocycles. The van der Waals surface area contributed by atoms with Crippen LogP contribution < -0.4 is 0 Å². The molecule has 1 heterocycles. The summed E-state index contributed by atoms with van der Waals surface area (Å²) in [6.45, 7) is 0.0310. The van der Waals surface area contributed by atoms with Gasteiger partial charge >= 0.3 is 5.97 Å². The minimum atomic E-state index is -0.836. The monoisotopic (exact) mass is 290 g/mol. The van der Waals surface area contributed by atoms with Crippen LogP contribution in [0.15, 0.2) is 29.4 Å². The third-order valence-corrected chi connectivity index (χ3v) is 3.30. The Hall–Kier alpha value is -2.57. The van der Waals surface area contributed by atoms with E-state index in [1.807, 2.05) is 0 Å². The number of rotatable bonds is 3. The van der Waals surface area contributed by atoms with Crippen LogP contribution in [-0.4, -0.2) is 47.7 Å². The molecule has 1 fully saturated rings. The van der Waals surface area contributed by atoms with E-state index in [4.69, 9.17) is 5.53 Å². The van der Waals surface area contributed by atoms with Crippen molar-refractivity contribution in [2.24, 2.45) is 5.11 Å². The molecule has 21 heavy (non-hydrogen) atoms. The third-order valence-electron chi connectivity index (χ3n) is 3.30. The van der Waals surface area contributed by atoms with Crippen LogP contribution in [0.2, 0.25) is 0 Å². The van der Waals surface area contributed by atoms with Crippen molar-refractivity contribution < 1.29 is 19.4 Å². The smallest absolute Gasteiger partial charge is 0.328 e. The molecule has 1 N–H and O–H groups in total. The predicted molar refractivity (Wildman–Crippen MR) is 72.7 cm³/mol. The second-order valence-corrected chi connectivity index (χ2v) is 4.59. The molecular weight excluding hydrogens is 276 g/mol. The fourth-order valence-corrected chi connectivity index (χ4v) is 2.34. The van der Waals surface area contributed by atoms with Crippen LogP contribution in [0.1, 0.15) is 16.8 Å². The number of carbonyl (C=O) groups excluding carboxylic acids is 2. The van der Waals surface area contributed by atoms with E-state index in [0.717, 1.165) is 0 Å². The number of β-amino-alcohol motifs (C(OH)–C–C–N with tert-alkyl or cyclic N) is 1. The zero-order valence-corrected chi connectivity index (χ0v) is 11.3. The molecule has 0 radical (unpaired) electrons. The number of nitrogens with zero attached hydrogens (tertiary/aromatic N) is 4. The Morgan fingerprint density at radius 1 is 1.48 bits per heavy atom. The Morgan fingerprint density at radius 2 is 2.19 bits per heavy atom. The molecular formula is C13H14N4O4.